The van der Waals surface area contributed by atoms with Gasteiger partial charge in [0.25, 0.3) is 0 Å². The first-order valence-electron chi connectivity index (χ1n) is 24.8. The van der Waals surface area contributed by atoms with Crippen LogP contribution < -0.4 is 53.0 Å². The predicted molar refractivity (Wildman–Crippen MR) is 319 cm³/mol. The van der Waals surface area contributed by atoms with Crippen LogP contribution >= 0.6 is 31.7 Å². The van der Waals surface area contributed by atoms with Gasteiger partial charge in [-0.2, -0.15) is 0 Å². The van der Waals surface area contributed by atoms with Gasteiger partial charge in [-0.25, -0.2) is 0 Å². The van der Waals surface area contributed by atoms with Gasteiger partial charge in [0.1, 0.15) is 0 Å². The minimum absolute atomic E-state index is 0.838. The highest BCUT2D eigenvalue weighted by Gasteiger charge is 2.35. The molecule has 0 saturated heterocycles. The first-order chi connectivity index (χ1) is 34.4. The van der Waals surface area contributed by atoms with E-state index < -0.39 is 31.7 Å². The summed E-state index contributed by atoms with van der Waals surface area (Å²) in [6.07, 6.45) is 3.47. The van der Waals surface area contributed by atoms with Gasteiger partial charge < -0.3 is 0 Å². The van der Waals surface area contributed by atoms with E-state index in [-0.39, 0.29) is 0 Å². The lowest BCUT2D eigenvalue weighted by atomic mass is 9.99. The molecule has 0 aromatic heterocycles. The van der Waals surface area contributed by atoms with Crippen LogP contribution in [0.1, 0.15) is 50.1 Å². The fourth-order valence-corrected chi connectivity index (χ4v) is 19.4. The predicted octanol–water partition coefficient (Wildman–Crippen LogP) is 13.6. The van der Waals surface area contributed by atoms with E-state index >= 15 is 0 Å². The highest BCUT2D eigenvalue weighted by molar-refractivity contribution is 7.81. The van der Waals surface area contributed by atoms with Gasteiger partial charge in [0.15, 0.2) is 0 Å². The Morgan fingerprint density at radius 3 is 0.718 bits per heavy atom. The van der Waals surface area contributed by atoms with Gasteiger partial charge in [0.2, 0.25) is 0 Å². The van der Waals surface area contributed by atoms with E-state index in [2.05, 4.69) is 274 Å². The summed E-state index contributed by atoms with van der Waals surface area (Å²) in [6, 6.07) is 82.9. The summed E-state index contributed by atoms with van der Waals surface area (Å²) in [4.78, 5) is 0. The van der Waals surface area contributed by atoms with Crippen molar-refractivity contribution in [2.24, 2.45) is 0 Å². The van der Waals surface area contributed by atoms with Gasteiger partial charge in [-0.1, -0.05) is 251 Å². The maximum atomic E-state index is 2.63. The molecule has 0 amide bonds. The van der Waals surface area contributed by atoms with Crippen molar-refractivity contribution in [2.75, 3.05) is 0 Å². The average Bonchev–Trinajstić information content (AvgIpc) is 3.37. The third-order valence-electron chi connectivity index (χ3n) is 13.6. The van der Waals surface area contributed by atoms with Crippen LogP contribution in [0.25, 0.3) is 0 Å². The fraction of sp³-hybridized carbons (Fsp3) is 0.134. The molecule has 0 nitrogen and oxygen atoms in total. The molecule has 4 heteroatoms. The second kappa shape index (κ2) is 21.5. The summed E-state index contributed by atoms with van der Waals surface area (Å²) in [7, 11) is -3.53. The second-order valence-electron chi connectivity index (χ2n) is 19.5. The molecule has 10 rings (SSSR count). The zero-order valence-electron chi connectivity index (χ0n) is 42.3. The Morgan fingerprint density at radius 2 is 0.465 bits per heavy atom. The second-order valence-corrected chi connectivity index (χ2v) is 28.3. The summed E-state index contributed by atoms with van der Waals surface area (Å²) < 4.78 is 0. The van der Waals surface area contributed by atoms with Crippen LogP contribution in [0.3, 0.4) is 0 Å². The Kier molecular flexibility index (Phi) is 14.8. The van der Waals surface area contributed by atoms with Crippen molar-refractivity contribution >= 4 is 84.7 Å². The quantitative estimate of drug-likeness (QED) is 0.0953. The smallest absolute Gasteiger partial charge is 0.00122 e. The molecule has 350 valence electrons. The standard InChI is InChI=1S/C67H62P4/c1-46-9-25-55(26-10-46)68(56-27-11-47(2)12-28-56)63-41-54(42-64(44-63)69(57-29-13-48(3)14-30-57)58-31-15-49(4)16-32-58)43-65-66(70(59-33-17-50(5)18-34-59)60-35-19-51(6)20-36-60)45-67(65)71(61-37-21-52(7)22-38-61)62-39-23-53(8)24-40-62/h9-42,44-45H,43H2,1-8H3. The first kappa shape index (κ1) is 48.8. The third-order valence-corrected chi connectivity index (χ3v) is 23.4. The van der Waals surface area contributed by atoms with Crippen LogP contribution in [-0.2, 0) is 6.42 Å². The molecule has 9 aromatic carbocycles. The van der Waals surface area contributed by atoms with E-state index in [1.165, 1.54) is 119 Å². The van der Waals surface area contributed by atoms with Crippen molar-refractivity contribution in [1.29, 1.82) is 0 Å². The molecule has 1 aliphatic carbocycles. The van der Waals surface area contributed by atoms with Crippen molar-refractivity contribution in [2.45, 2.75) is 61.8 Å². The lowest BCUT2D eigenvalue weighted by Crippen LogP contribution is -2.28. The van der Waals surface area contributed by atoms with Crippen molar-refractivity contribution in [3.8, 4) is 0 Å². The Balaban J connectivity index is 1.23. The fourth-order valence-electron chi connectivity index (χ4n) is 9.46. The van der Waals surface area contributed by atoms with Crippen LogP contribution in [0.4, 0.5) is 0 Å². The van der Waals surface area contributed by atoms with Crippen molar-refractivity contribution in [1.82, 2.24) is 0 Å². The molecule has 9 aromatic rings. The van der Waals surface area contributed by atoms with Crippen LogP contribution in [0.15, 0.2) is 235 Å². The van der Waals surface area contributed by atoms with E-state index in [4.69, 9.17) is 0 Å². The third kappa shape index (κ3) is 11.0. The maximum Gasteiger partial charge on any atom is -0.00122 e. The summed E-state index contributed by atoms with van der Waals surface area (Å²) in [5.74, 6) is 0. The molecule has 0 aliphatic heterocycles. The Bertz CT molecular complexity index is 3050. The molecule has 0 fully saturated rings. The van der Waals surface area contributed by atoms with E-state index in [9.17, 15) is 0 Å². The molecular weight excluding hydrogens is 929 g/mol. The highest BCUT2D eigenvalue weighted by Crippen LogP contribution is 2.60. The summed E-state index contributed by atoms with van der Waals surface area (Å²) in [5.41, 5.74) is 13.2. The summed E-state index contributed by atoms with van der Waals surface area (Å²) in [6.45, 7) is 17.6. The number of hydrogen-bond donors (Lipinski definition) is 0. The molecule has 0 heterocycles. The van der Waals surface area contributed by atoms with Crippen molar-refractivity contribution in [3.05, 3.63) is 285 Å². The zero-order chi connectivity index (χ0) is 49.2. The van der Waals surface area contributed by atoms with E-state index in [0.29, 0.717) is 0 Å². The van der Waals surface area contributed by atoms with Crippen LogP contribution in [0, 0.1) is 55.4 Å². The van der Waals surface area contributed by atoms with Gasteiger partial charge in [0.05, 0.1) is 0 Å². The molecule has 0 atom stereocenters. The zero-order valence-corrected chi connectivity index (χ0v) is 45.9. The highest BCUT2D eigenvalue weighted by atomic mass is 31.1. The van der Waals surface area contributed by atoms with Crippen molar-refractivity contribution < 1.29 is 0 Å². The van der Waals surface area contributed by atoms with Gasteiger partial charge in [-0.15, -0.1) is 0 Å². The minimum Gasteiger partial charge on any atom is -0.0587 e. The SMILES string of the molecule is Cc1ccc(P(C2=CC(P(c3ccc(C)cc3)c3ccc(C)cc3)=C2Cc2cc(P(c3ccc(C)cc3)c3ccc(C)cc3)cc(P(c3ccc(C)cc3)c3ccc(C)cc3)c2)c2ccc(C)cc2)cc1. The van der Waals surface area contributed by atoms with Crippen LogP contribution in [0.2, 0.25) is 0 Å². The van der Waals surface area contributed by atoms with Crippen molar-refractivity contribution in [3.63, 3.8) is 0 Å². The molecule has 1 aliphatic rings. The minimum atomic E-state index is -0.904. The monoisotopic (exact) mass is 990 g/mol. The van der Waals surface area contributed by atoms with E-state index in [1.54, 1.807) is 0 Å². The molecule has 0 N–H and O–H groups in total. The number of allylic oxidation sites excluding steroid dienone is 4. The number of benzene rings is 9. The summed E-state index contributed by atoms with van der Waals surface area (Å²) >= 11 is 0. The molecule has 71 heavy (non-hydrogen) atoms. The normalized spacial score (nSPS) is 12.5. The van der Waals surface area contributed by atoms with E-state index in [1.807, 2.05) is 0 Å². The lowest BCUT2D eigenvalue weighted by Gasteiger charge is -2.36. The first-order valence-corrected chi connectivity index (χ1v) is 30.1. The number of rotatable bonds is 14. The molecule has 0 spiro atoms. The molecule has 0 saturated carbocycles. The molecule has 0 radical (unpaired) electrons. The Labute approximate surface area is 428 Å². The Hall–Kier alpha value is -5.82. The largest absolute Gasteiger partial charge is 0.0587 e. The van der Waals surface area contributed by atoms with Crippen LogP contribution in [0.5, 0.6) is 0 Å². The van der Waals surface area contributed by atoms with E-state index in [0.717, 1.165) is 6.42 Å². The topological polar surface area (TPSA) is 0 Å². The molecular formula is C67H62P4. The number of aryl methyl sites for hydroxylation is 8. The van der Waals surface area contributed by atoms with Gasteiger partial charge in [0, 0.05) is 0 Å². The van der Waals surface area contributed by atoms with Gasteiger partial charge in [-0.3, -0.25) is 0 Å². The molecule has 0 bridgehead atoms. The molecule has 0 unspecified atom stereocenters. The van der Waals surface area contributed by atoms with Crippen LogP contribution in [-0.4, -0.2) is 0 Å². The van der Waals surface area contributed by atoms with Gasteiger partial charge >= 0.3 is 0 Å². The summed E-state index contributed by atoms with van der Waals surface area (Å²) in [5, 5.41) is 16.9. The average molecular weight is 991 g/mol. The maximum absolute atomic E-state index is 2.63. The van der Waals surface area contributed by atoms with Gasteiger partial charge in [-0.05, 0) is 180 Å². The number of hydrogen-bond acceptors (Lipinski definition) is 0. The Morgan fingerprint density at radius 1 is 0.239 bits per heavy atom. The lowest BCUT2D eigenvalue weighted by molar-refractivity contribution is 1.16.